The lowest BCUT2D eigenvalue weighted by Crippen LogP contribution is -2.25. The van der Waals surface area contributed by atoms with Gasteiger partial charge in [-0.1, -0.05) is 0 Å². The molecule has 124 valence electrons. The topological polar surface area (TPSA) is 96.4 Å². The number of hydrogen-bond donors (Lipinski definition) is 1. The van der Waals surface area contributed by atoms with Crippen LogP contribution in [0.15, 0.2) is 18.2 Å². The van der Waals surface area contributed by atoms with Crippen LogP contribution in [-0.2, 0) is 16.0 Å². The van der Waals surface area contributed by atoms with Crippen LogP contribution >= 0.6 is 0 Å². The van der Waals surface area contributed by atoms with E-state index in [2.05, 4.69) is 4.98 Å². The molecule has 0 saturated heterocycles. The summed E-state index contributed by atoms with van der Waals surface area (Å²) in [5.74, 6) is -0.940. The Bertz CT molecular complexity index is 721. The van der Waals surface area contributed by atoms with E-state index in [0.717, 1.165) is 5.39 Å². The second-order valence-electron chi connectivity index (χ2n) is 5.17. The van der Waals surface area contributed by atoms with Crippen LogP contribution in [0.3, 0.4) is 0 Å². The fourth-order valence-corrected chi connectivity index (χ4v) is 2.29. The predicted molar refractivity (Wildman–Crippen MR) is 85.3 cm³/mol. The first kappa shape index (κ1) is 17.0. The van der Waals surface area contributed by atoms with E-state index in [1.54, 1.807) is 36.6 Å². The first-order valence-corrected chi connectivity index (χ1v) is 7.58. The lowest BCUT2D eigenvalue weighted by molar-refractivity contribution is 0.0508. The van der Waals surface area contributed by atoms with Gasteiger partial charge in [-0.15, -0.1) is 0 Å². The number of carbonyl (C=O) groups is 2. The first-order valence-electron chi connectivity index (χ1n) is 7.58. The molecule has 0 aliphatic rings. The van der Waals surface area contributed by atoms with Crippen molar-refractivity contribution in [3.05, 3.63) is 29.6 Å². The average Bonchev–Trinajstić information content (AvgIpc) is 2.85. The maximum Gasteiger partial charge on any atom is 0.356 e. The molecule has 0 aliphatic heterocycles. The molecule has 0 aromatic carbocycles. The van der Waals surface area contributed by atoms with Gasteiger partial charge in [0.15, 0.2) is 5.69 Å². The molecule has 7 heteroatoms. The molecule has 1 atom stereocenters. The molecule has 2 N–H and O–H groups in total. The van der Waals surface area contributed by atoms with Gasteiger partial charge in [0.1, 0.15) is 11.3 Å². The van der Waals surface area contributed by atoms with Crippen LogP contribution in [0.2, 0.25) is 0 Å². The van der Waals surface area contributed by atoms with Crippen LogP contribution in [0.5, 0.6) is 0 Å². The lowest BCUT2D eigenvalue weighted by Gasteiger charge is -2.12. The van der Waals surface area contributed by atoms with E-state index in [1.807, 2.05) is 6.92 Å². The van der Waals surface area contributed by atoms with Gasteiger partial charge < -0.3 is 19.8 Å². The predicted octanol–water partition coefficient (Wildman–Crippen LogP) is 1.74. The molecule has 7 nitrogen and oxygen atoms in total. The Labute approximate surface area is 134 Å². The number of nitrogens with zero attached hydrogens (tertiary/aromatic N) is 2. The highest BCUT2D eigenvalue weighted by Gasteiger charge is 2.20. The van der Waals surface area contributed by atoms with E-state index in [-0.39, 0.29) is 24.9 Å². The molecular weight excluding hydrogens is 298 g/mol. The molecule has 0 bridgehead atoms. The maximum absolute atomic E-state index is 12.1. The van der Waals surface area contributed by atoms with E-state index >= 15 is 0 Å². The highest BCUT2D eigenvalue weighted by Crippen LogP contribution is 2.20. The van der Waals surface area contributed by atoms with Gasteiger partial charge in [-0.05, 0) is 39.0 Å². The van der Waals surface area contributed by atoms with Crippen LogP contribution in [0.25, 0.3) is 11.0 Å². The quantitative estimate of drug-likeness (QED) is 0.815. The number of esters is 2. The van der Waals surface area contributed by atoms with Gasteiger partial charge in [0.25, 0.3) is 0 Å². The summed E-state index contributed by atoms with van der Waals surface area (Å²) >= 11 is 0. The highest BCUT2D eigenvalue weighted by atomic mass is 16.5. The van der Waals surface area contributed by atoms with Crippen molar-refractivity contribution >= 4 is 23.0 Å². The Hall–Kier alpha value is -2.41. The smallest absolute Gasteiger partial charge is 0.356 e. The molecule has 23 heavy (non-hydrogen) atoms. The average molecular weight is 319 g/mol. The fraction of sp³-hybridized carbons (Fsp3) is 0.438. The number of rotatable bonds is 6. The van der Waals surface area contributed by atoms with Crippen molar-refractivity contribution in [2.75, 3.05) is 13.2 Å². The van der Waals surface area contributed by atoms with Gasteiger partial charge in [-0.3, -0.25) is 0 Å². The third kappa shape index (κ3) is 3.68. The molecule has 0 aliphatic carbocycles. The lowest BCUT2D eigenvalue weighted by atomic mass is 10.3. The van der Waals surface area contributed by atoms with Crippen molar-refractivity contribution in [1.29, 1.82) is 0 Å². The molecule has 0 unspecified atom stereocenters. The standard InChI is InChI=1S/C16H21N3O4/c1-4-22-15(20)12-7-6-11-8-13(16(21)23-5-2)19(9-10(3)17)14(11)18-12/h6-8,10H,4-5,9,17H2,1-3H3/t10-/m0/s1. The minimum absolute atomic E-state index is 0.188. The van der Waals surface area contributed by atoms with Crippen molar-refractivity contribution < 1.29 is 19.1 Å². The summed E-state index contributed by atoms with van der Waals surface area (Å²) in [6.07, 6.45) is 0. The SMILES string of the molecule is CCOC(=O)c1ccc2cc(C(=O)OCC)n(C[C@H](C)N)c2n1. The van der Waals surface area contributed by atoms with Crippen molar-refractivity contribution in [2.45, 2.75) is 33.4 Å². The van der Waals surface area contributed by atoms with Crippen molar-refractivity contribution in [3.8, 4) is 0 Å². The molecule has 0 saturated carbocycles. The molecule has 2 aromatic heterocycles. The van der Waals surface area contributed by atoms with Crippen LogP contribution < -0.4 is 5.73 Å². The summed E-state index contributed by atoms with van der Waals surface area (Å²) in [5, 5.41) is 0.738. The summed E-state index contributed by atoms with van der Waals surface area (Å²) in [5.41, 5.74) is 6.94. The molecule has 2 rings (SSSR count). The Morgan fingerprint density at radius 3 is 2.48 bits per heavy atom. The van der Waals surface area contributed by atoms with Crippen LogP contribution in [0, 0.1) is 0 Å². The Morgan fingerprint density at radius 2 is 1.87 bits per heavy atom. The van der Waals surface area contributed by atoms with E-state index in [1.165, 1.54) is 0 Å². The minimum atomic E-state index is -0.499. The largest absolute Gasteiger partial charge is 0.461 e. The van der Waals surface area contributed by atoms with Gasteiger partial charge >= 0.3 is 11.9 Å². The summed E-state index contributed by atoms with van der Waals surface area (Å²) in [6, 6.07) is 4.81. The Morgan fingerprint density at radius 1 is 1.22 bits per heavy atom. The number of nitrogens with two attached hydrogens (primary N) is 1. The summed E-state index contributed by atoms with van der Waals surface area (Å²) in [6.45, 7) is 6.24. The highest BCUT2D eigenvalue weighted by molar-refractivity contribution is 5.96. The number of pyridine rings is 1. The van der Waals surface area contributed by atoms with E-state index in [4.69, 9.17) is 15.2 Å². The van der Waals surface area contributed by atoms with Crippen molar-refractivity contribution in [2.24, 2.45) is 5.73 Å². The van der Waals surface area contributed by atoms with Crippen LogP contribution in [-0.4, -0.2) is 40.7 Å². The number of hydrogen-bond acceptors (Lipinski definition) is 6. The van der Waals surface area contributed by atoms with E-state index in [0.29, 0.717) is 17.9 Å². The van der Waals surface area contributed by atoms with Gasteiger partial charge in [-0.25, -0.2) is 14.6 Å². The molecular formula is C16H21N3O4. The number of fused-ring (bicyclic) bond motifs is 1. The Kier molecular flexibility index (Phi) is 5.33. The third-order valence-electron chi connectivity index (χ3n) is 3.18. The fourth-order valence-electron chi connectivity index (χ4n) is 2.29. The number of aromatic nitrogens is 2. The molecule has 0 spiro atoms. The first-order chi connectivity index (χ1) is 11.0. The number of ether oxygens (including phenoxy) is 2. The van der Waals surface area contributed by atoms with E-state index in [9.17, 15) is 9.59 Å². The van der Waals surface area contributed by atoms with Gasteiger partial charge in [0.2, 0.25) is 0 Å². The second kappa shape index (κ2) is 7.23. The van der Waals surface area contributed by atoms with E-state index < -0.39 is 11.9 Å². The van der Waals surface area contributed by atoms with Gasteiger partial charge in [0, 0.05) is 18.0 Å². The summed E-state index contributed by atoms with van der Waals surface area (Å²) < 4.78 is 11.7. The summed E-state index contributed by atoms with van der Waals surface area (Å²) in [7, 11) is 0. The molecule has 2 heterocycles. The zero-order valence-electron chi connectivity index (χ0n) is 13.5. The molecule has 0 radical (unpaired) electrons. The van der Waals surface area contributed by atoms with Crippen molar-refractivity contribution in [3.63, 3.8) is 0 Å². The van der Waals surface area contributed by atoms with Crippen molar-refractivity contribution in [1.82, 2.24) is 9.55 Å². The Balaban J connectivity index is 2.55. The molecule has 0 amide bonds. The summed E-state index contributed by atoms with van der Waals surface area (Å²) in [4.78, 5) is 28.3. The van der Waals surface area contributed by atoms with Gasteiger partial charge in [-0.2, -0.15) is 0 Å². The maximum atomic E-state index is 12.1. The van der Waals surface area contributed by atoms with Gasteiger partial charge in [0.05, 0.1) is 13.2 Å². The van der Waals surface area contributed by atoms with Crippen LogP contribution in [0.4, 0.5) is 0 Å². The third-order valence-corrected chi connectivity index (χ3v) is 3.18. The minimum Gasteiger partial charge on any atom is -0.461 e. The second-order valence-corrected chi connectivity index (χ2v) is 5.17. The number of carbonyl (C=O) groups excluding carboxylic acids is 2. The zero-order valence-corrected chi connectivity index (χ0v) is 13.5. The molecule has 0 fully saturated rings. The monoisotopic (exact) mass is 319 g/mol. The molecule has 2 aromatic rings. The zero-order chi connectivity index (χ0) is 17.0. The normalized spacial score (nSPS) is 12.2. The van der Waals surface area contributed by atoms with Crippen LogP contribution in [0.1, 0.15) is 41.7 Å².